The SMILES string of the molecule is CCCNC(=O)c1ccnc(NCCN2CCOCC2)c1. The highest BCUT2D eigenvalue weighted by Gasteiger charge is 2.10. The van der Waals surface area contributed by atoms with E-state index >= 15 is 0 Å². The minimum atomic E-state index is -0.0459. The first kappa shape index (κ1) is 15.7. The second-order valence-corrected chi connectivity index (χ2v) is 5.07. The van der Waals surface area contributed by atoms with Crippen LogP contribution in [0.4, 0.5) is 5.82 Å². The third kappa shape index (κ3) is 5.32. The van der Waals surface area contributed by atoms with E-state index in [9.17, 15) is 4.79 Å². The minimum Gasteiger partial charge on any atom is -0.379 e. The molecule has 0 radical (unpaired) electrons. The van der Waals surface area contributed by atoms with Crippen LogP contribution in [0, 0.1) is 0 Å². The lowest BCUT2D eigenvalue weighted by atomic mass is 10.2. The van der Waals surface area contributed by atoms with Gasteiger partial charge in [0.1, 0.15) is 5.82 Å². The summed E-state index contributed by atoms with van der Waals surface area (Å²) in [6.45, 7) is 8.08. The van der Waals surface area contributed by atoms with Gasteiger partial charge in [0.05, 0.1) is 13.2 Å². The van der Waals surface area contributed by atoms with E-state index in [1.165, 1.54) is 0 Å². The van der Waals surface area contributed by atoms with Gasteiger partial charge in [0.25, 0.3) is 5.91 Å². The lowest BCUT2D eigenvalue weighted by Gasteiger charge is -2.26. The smallest absolute Gasteiger partial charge is 0.251 e. The van der Waals surface area contributed by atoms with Crippen molar-refractivity contribution >= 4 is 11.7 Å². The first-order chi connectivity index (χ1) is 10.3. The first-order valence-corrected chi connectivity index (χ1v) is 7.58. The molecule has 1 saturated heterocycles. The van der Waals surface area contributed by atoms with Gasteiger partial charge in [0, 0.05) is 44.5 Å². The number of pyridine rings is 1. The normalized spacial score (nSPS) is 15.7. The van der Waals surface area contributed by atoms with Crippen molar-refractivity contribution in [1.29, 1.82) is 0 Å². The quantitative estimate of drug-likeness (QED) is 0.784. The van der Waals surface area contributed by atoms with E-state index in [4.69, 9.17) is 4.74 Å². The average Bonchev–Trinajstić information content (AvgIpc) is 2.54. The van der Waals surface area contributed by atoms with E-state index < -0.39 is 0 Å². The minimum absolute atomic E-state index is 0.0459. The number of hydrogen-bond acceptors (Lipinski definition) is 5. The summed E-state index contributed by atoms with van der Waals surface area (Å²) >= 11 is 0. The summed E-state index contributed by atoms with van der Waals surface area (Å²) in [7, 11) is 0. The van der Waals surface area contributed by atoms with Gasteiger partial charge in [-0.25, -0.2) is 4.98 Å². The molecule has 0 saturated carbocycles. The summed E-state index contributed by atoms with van der Waals surface area (Å²) in [6.07, 6.45) is 2.60. The number of aromatic nitrogens is 1. The summed E-state index contributed by atoms with van der Waals surface area (Å²) in [5.41, 5.74) is 0.646. The third-order valence-electron chi connectivity index (χ3n) is 3.40. The molecule has 2 rings (SSSR count). The monoisotopic (exact) mass is 292 g/mol. The van der Waals surface area contributed by atoms with Crippen LogP contribution in [-0.2, 0) is 4.74 Å². The molecule has 1 amide bonds. The molecule has 1 fully saturated rings. The molecule has 1 aromatic heterocycles. The topological polar surface area (TPSA) is 66.5 Å². The number of carbonyl (C=O) groups is 1. The highest BCUT2D eigenvalue weighted by molar-refractivity contribution is 5.94. The van der Waals surface area contributed by atoms with E-state index in [0.717, 1.165) is 51.6 Å². The molecule has 6 nitrogen and oxygen atoms in total. The van der Waals surface area contributed by atoms with Crippen molar-refractivity contribution in [3.63, 3.8) is 0 Å². The molecule has 6 heteroatoms. The Morgan fingerprint density at radius 3 is 2.95 bits per heavy atom. The Labute approximate surface area is 125 Å². The van der Waals surface area contributed by atoms with Crippen LogP contribution < -0.4 is 10.6 Å². The predicted octanol–water partition coefficient (Wildman–Crippen LogP) is 0.966. The number of ether oxygens (including phenoxy) is 1. The molecule has 0 aliphatic carbocycles. The van der Waals surface area contributed by atoms with Crippen LogP contribution in [0.2, 0.25) is 0 Å². The Balaban J connectivity index is 1.78. The van der Waals surface area contributed by atoms with Gasteiger partial charge in [-0.1, -0.05) is 6.92 Å². The highest BCUT2D eigenvalue weighted by Crippen LogP contribution is 2.07. The number of amides is 1. The fraction of sp³-hybridized carbons (Fsp3) is 0.600. The first-order valence-electron chi connectivity index (χ1n) is 7.58. The Kier molecular flexibility index (Phi) is 6.43. The maximum absolute atomic E-state index is 11.9. The molecule has 0 spiro atoms. The summed E-state index contributed by atoms with van der Waals surface area (Å²) in [5.74, 6) is 0.697. The molecule has 21 heavy (non-hydrogen) atoms. The Morgan fingerprint density at radius 1 is 1.38 bits per heavy atom. The second-order valence-electron chi connectivity index (χ2n) is 5.07. The maximum Gasteiger partial charge on any atom is 0.251 e. The number of morpholine rings is 1. The summed E-state index contributed by atoms with van der Waals surface area (Å²) < 4.78 is 5.32. The zero-order chi connectivity index (χ0) is 14.9. The van der Waals surface area contributed by atoms with Crippen molar-refractivity contribution in [3.05, 3.63) is 23.9 Å². The number of nitrogens with one attached hydrogen (secondary N) is 2. The van der Waals surface area contributed by atoms with Gasteiger partial charge in [-0.15, -0.1) is 0 Å². The van der Waals surface area contributed by atoms with Crippen molar-refractivity contribution in [2.75, 3.05) is 51.3 Å². The van der Waals surface area contributed by atoms with Crippen LogP contribution in [-0.4, -0.2) is 61.7 Å². The summed E-state index contributed by atoms with van der Waals surface area (Å²) in [4.78, 5) is 18.5. The highest BCUT2D eigenvalue weighted by atomic mass is 16.5. The van der Waals surface area contributed by atoms with E-state index in [0.29, 0.717) is 12.1 Å². The van der Waals surface area contributed by atoms with Gasteiger partial charge in [-0.3, -0.25) is 9.69 Å². The van der Waals surface area contributed by atoms with Crippen LogP contribution >= 0.6 is 0 Å². The lowest BCUT2D eigenvalue weighted by Crippen LogP contribution is -2.39. The van der Waals surface area contributed by atoms with Crippen molar-refractivity contribution in [3.8, 4) is 0 Å². The van der Waals surface area contributed by atoms with Crippen LogP contribution in [0.1, 0.15) is 23.7 Å². The van der Waals surface area contributed by atoms with E-state index in [2.05, 4.69) is 20.5 Å². The van der Waals surface area contributed by atoms with Crippen LogP contribution in [0.5, 0.6) is 0 Å². The van der Waals surface area contributed by atoms with Gasteiger partial charge in [0.2, 0.25) is 0 Å². The van der Waals surface area contributed by atoms with Crippen molar-refractivity contribution in [2.24, 2.45) is 0 Å². The van der Waals surface area contributed by atoms with Crippen LogP contribution in [0.3, 0.4) is 0 Å². The maximum atomic E-state index is 11.9. The largest absolute Gasteiger partial charge is 0.379 e. The van der Waals surface area contributed by atoms with E-state index in [-0.39, 0.29) is 5.91 Å². The number of rotatable bonds is 7. The molecule has 0 unspecified atom stereocenters. The molecule has 0 aromatic carbocycles. The Hall–Kier alpha value is -1.66. The zero-order valence-corrected chi connectivity index (χ0v) is 12.6. The molecule has 1 aliphatic rings. The van der Waals surface area contributed by atoms with Crippen LogP contribution in [0.15, 0.2) is 18.3 Å². The Bertz CT molecular complexity index is 447. The van der Waals surface area contributed by atoms with Gasteiger partial charge in [-0.2, -0.15) is 0 Å². The number of anilines is 1. The molecule has 1 aromatic rings. The third-order valence-corrected chi connectivity index (χ3v) is 3.40. The van der Waals surface area contributed by atoms with Crippen molar-refractivity contribution < 1.29 is 9.53 Å². The molecule has 1 aliphatic heterocycles. The molecular formula is C15H24N4O2. The average molecular weight is 292 g/mol. The molecule has 2 N–H and O–H groups in total. The molecule has 0 atom stereocenters. The standard InChI is InChI=1S/C15H24N4O2/c1-2-4-18-15(20)13-3-5-16-14(12-13)17-6-7-19-8-10-21-11-9-19/h3,5,12H,2,4,6-11H2,1H3,(H,16,17)(H,18,20). The fourth-order valence-electron chi connectivity index (χ4n) is 2.18. The molecular weight excluding hydrogens is 268 g/mol. The molecule has 0 bridgehead atoms. The van der Waals surface area contributed by atoms with Gasteiger partial charge < -0.3 is 15.4 Å². The van der Waals surface area contributed by atoms with Gasteiger partial charge >= 0.3 is 0 Å². The Morgan fingerprint density at radius 2 is 2.19 bits per heavy atom. The van der Waals surface area contributed by atoms with Gasteiger partial charge in [-0.05, 0) is 18.6 Å². The fourth-order valence-corrected chi connectivity index (χ4v) is 2.18. The predicted molar refractivity (Wildman–Crippen MR) is 82.6 cm³/mol. The number of hydrogen-bond donors (Lipinski definition) is 2. The number of nitrogens with zero attached hydrogens (tertiary/aromatic N) is 2. The lowest BCUT2D eigenvalue weighted by molar-refractivity contribution is 0.0398. The van der Waals surface area contributed by atoms with E-state index in [1.807, 2.05) is 6.92 Å². The van der Waals surface area contributed by atoms with Crippen molar-refractivity contribution in [2.45, 2.75) is 13.3 Å². The zero-order valence-electron chi connectivity index (χ0n) is 12.6. The second kappa shape index (κ2) is 8.59. The van der Waals surface area contributed by atoms with E-state index in [1.54, 1.807) is 18.3 Å². The summed E-state index contributed by atoms with van der Waals surface area (Å²) in [5, 5.41) is 6.14. The summed E-state index contributed by atoms with van der Waals surface area (Å²) in [6, 6.07) is 3.53. The molecule has 2 heterocycles. The van der Waals surface area contributed by atoms with Gasteiger partial charge in [0.15, 0.2) is 0 Å². The van der Waals surface area contributed by atoms with Crippen LogP contribution in [0.25, 0.3) is 0 Å². The number of carbonyl (C=O) groups excluding carboxylic acids is 1. The molecule has 116 valence electrons. The van der Waals surface area contributed by atoms with Crippen molar-refractivity contribution in [1.82, 2.24) is 15.2 Å².